The van der Waals surface area contributed by atoms with Crippen molar-refractivity contribution >= 4 is 11.6 Å². The molecule has 0 aliphatic rings. The normalized spacial score (nSPS) is 13.4. The van der Waals surface area contributed by atoms with Gasteiger partial charge in [-0.3, -0.25) is 0 Å². The summed E-state index contributed by atoms with van der Waals surface area (Å²) in [5, 5.41) is 15.2. The number of hydrogen-bond donors (Lipinski definition) is 3. The molecule has 0 spiro atoms. The average Bonchev–Trinajstić information content (AvgIpc) is 2.35. The van der Waals surface area contributed by atoms with E-state index in [0.717, 1.165) is 12.1 Å². The lowest BCUT2D eigenvalue weighted by Crippen LogP contribution is -2.25. The third-order valence-electron chi connectivity index (χ3n) is 2.77. The summed E-state index contributed by atoms with van der Waals surface area (Å²) in [6, 6.07) is 1.90. The summed E-state index contributed by atoms with van der Waals surface area (Å²) in [7, 11) is 0. The number of nitrogens with one attached hydrogen (secondary N) is 2. The molecule has 0 bridgehead atoms. The molecule has 0 aromatic carbocycles. The van der Waals surface area contributed by atoms with E-state index in [1.165, 1.54) is 0 Å². The van der Waals surface area contributed by atoms with Gasteiger partial charge in [0.15, 0.2) is 0 Å². The topological polar surface area (TPSA) is 57.2 Å². The van der Waals surface area contributed by atoms with Gasteiger partial charge in [0.1, 0.15) is 11.6 Å². The smallest absolute Gasteiger partial charge is 0.391 e. The van der Waals surface area contributed by atoms with Crippen LogP contribution in [-0.4, -0.2) is 29.3 Å². The summed E-state index contributed by atoms with van der Waals surface area (Å²) >= 11 is 0. The number of alkyl halides is 3. The molecule has 1 aromatic heterocycles. The molecule has 0 aliphatic heterocycles. The van der Waals surface area contributed by atoms with Crippen molar-refractivity contribution in [1.82, 2.24) is 4.98 Å². The molecule has 1 aromatic rings. The summed E-state index contributed by atoms with van der Waals surface area (Å²) in [5.41, 5.74) is -0.773. The second-order valence-corrected chi connectivity index (χ2v) is 4.85. The van der Waals surface area contributed by atoms with Gasteiger partial charge in [-0.05, 0) is 25.0 Å². The van der Waals surface area contributed by atoms with Gasteiger partial charge in [0, 0.05) is 13.1 Å². The van der Waals surface area contributed by atoms with Gasteiger partial charge < -0.3 is 15.7 Å². The number of aliphatic hydroxyl groups excluding tert-OH is 1. The fourth-order valence-electron chi connectivity index (χ4n) is 1.50. The maximum absolute atomic E-state index is 12.8. The number of pyridine rings is 1. The summed E-state index contributed by atoms with van der Waals surface area (Å²) in [5.74, 6) is 0.265. The molecule has 7 heteroatoms. The number of anilines is 2. The van der Waals surface area contributed by atoms with E-state index in [2.05, 4.69) is 15.6 Å². The Morgan fingerprint density at radius 1 is 1.20 bits per heavy atom. The summed E-state index contributed by atoms with van der Waals surface area (Å²) in [6.07, 6.45) is -5.07. The van der Waals surface area contributed by atoms with E-state index in [4.69, 9.17) is 0 Å². The number of aromatic nitrogens is 1. The van der Waals surface area contributed by atoms with Crippen molar-refractivity contribution < 1.29 is 18.3 Å². The van der Waals surface area contributed by atoms with E-state index >= 15 is 0 Å². The maximum atomic E-state index is 12.8. The Kier molecular flexibility index (Phi) is 5.62. The average molecular weight is 291 g/mol. The lowest BCUT2D eigenvalue weighted by Gasteiger charge is -2.17. The summed E-state index contributed by atoms with van der Waals surface area (Å²) in [4.78, 5) is 4.03. The molecular weight excluding hydrogens is 271 g/mol. The Hall–Kier alpha value is -1.50. The van der Waals surface area contributed by atoms with Gasteiger partial charge >= 0.3 is 6.18 Å². The third-order valence-corrected chi connectivity index (χ3v) is 2.77. The molecule has 1 heterocycles. The summed E-state index contributed by atoms with van der Waals surface area (Å²) in [6.45, 7) is 6.06. The van der Waals surface area contributed by atoms with Gasteiger partial charge in [-0.15, -0.1) is 0 Å². The monoisotopic (exact) mass is 291 g/mol. The number of hydrogen-bond acceptors (Lipinski definition) is 4. The second-order valence-electron chi connectivity index (χ2n) is 4.85. The summed E-state index contributed by atoms with van der Waals surface area (Å²) < 4.78 is 38.3. The zero-order chi connectivity index (χ0) is 15.3. The Labute approximate surface area is 116 Å². The van der Waals surface area contributed by atoms with Crippen LogP contribution in [0.3, 0.4) is 0 Å². The van der Waals surface area contributed by atoms with Crippen LogP contribution < -0.4 is 10.6 Å². The first kappa shape index (κ1) is 16.6. The van der Waals surface area contributed by atoms with Crippen LogP contribution in [0, 0.1) is 5.92 Å². The van der Waals surface area contributed by atoms with Gasteiger partial charge in [-0.1, -0.05) is 13.8 Å². The highest BCUT2D eigenvalue weighted by molar-refractivity contribution is 5.49. The highest BCUT2D eigenvalue weighted by atomic mass is 19.4. The number of rotatable bonds is 6. The first-order valence-corrected chi connectivity index (χ1v) is 6.49. The van der Waals surface area contributed by atoms with Crippen molar-refractivity contribution in [3.05, 3.63) is 17.7 Å². The van der Waals surface area contributed by atoms with Crippen LogP contribution in [0.5, 0.6) is 0 Å². The molecule has 114 valence electrons. The minimum atomic E-state index is -4.43. The predicted molar refractivity (Wildman–Crippen MR) is 72.7 cm³/mol. The third kappa shape index (κ3) is 4.88. The highest BCUT2D eigenvalue weighted by Crippen LogP contribution is 2.32. The fraction of sp³-hybridized carbons (Fsp3) is 0.615. The Morgan fingerprint density at radius 3 is 2.20 bits per heavy atom. The van der Waals surface area contributed by atoms with E-state index < -0.39 is 17.8 Å². The minimum absolute atomic E-state index is 0.0153. The minimum Gasteiger partial charge on any atom is -0.391 e. The van der Waals surface area contributed by atoms with Crippen molar-refractivity contribution in [2.24, 2.45) is 5.92 Å². The first-order chi connectivity index (χ1) is 9.24. The number of nitrogens with zero attached hydrogens (tertiary/aromatic N) is 1. The van der Waals surface area contributed by atoms with Crippen LogP contribution in [0.25, 0.3) is 0 Å². The molecule has 0 saturated heterocycles. The van der Waals surface area contributed by atoms with Crippen LogP contribution in [0.15, 0.2) is 12.1 Å². The molecule has 1 unspecified atom stereocenters. The molecule has 20 heavy (non-hydrogen) atoms. The van der Waals surface area contributed by atoms with Crippen LogP contribution in [0.4, 0.5) is 24.8 Å². The van der Waals surface area contributed by atoms with Crippen molar-refractivity contribution in [3.63, 3.8) is 0 Å². The SMILES string of the molecule is CCNc1cc(C(F)(F)F)cc(NCC(O)C(C)C)n1. The second kappa shape index (κ2) is 6.78. The van der Waals surface area contributed by atoms with E-state index in [1.54, 1.807) is 6.92 Å². The van der Waals surface area contributed by atoms with Gasteiger partial charge in [0.05, 0.1) is 11.7 Å². The van der Waals surface area contributed by atoms with Crippen LogP contribution >= 0.6 is 0 Å². The molecule has 0 aliphatic carbocycles. The lowest BCUT2D eigenvalue weighted by atomic mass is 10.1. The molecular formula is C13H20F3N3O. The van der Waals surface area contributed by atoms with E-state index in [-0.39, 0.29) is 24.1 Å². The lowest BCUT2D eigenvalue weighted by molar-refractivity contribution is -0.137. The zero-order valence-electron chi connectivity index (χ0n) is 11.8. The van der Waals surface area contributed by atoms with E-state index in [0.29, 0.717) is 6.54 Å². The van der Waals surface area contributed by atoms with Crippen LogP contribution in [0.1, 0.15) is 26.3 Å². The van der Waals surface area contributed by atoms with Crippen molar-refractivity contribution in [3.8, 4) is 0 Å². The highest BCUT2D eigenvalue weighted by Gasteiger charge is 2.31. The van der Waals surface area contributed by atoms with E-state index in [1.807, 2.05) is 13.8 Å². The van der Waals surface area contributed by atoms with Gasteiger partial charge in [0.2, 0.25) is 0 Å². The Balaban J connectivity index is 2.91. The first-order valence-electron chi connectivity index (χ1n) is 6.49. The maximum Gasteiger partial charge on any atom is 0.416 e. The number of halogens is 3. The van der Waals surface area contributed by atoms with Gasteiger partial charge in [0.25, 0.3) is 0 Å². The molecule has 1 atom stereocenters. The molecule has 0 radical (unpaired) electrons. The van der Waals surface area contributed by atoms with Crippen LogP contribution in [-0.2, 0) is 6.18 Å². The zero-order valence-corrected chi connectivity index (χ0v) is 11.8. The standard InChI is InChI=1S/C13H20F3N3O/c1-4-17-11-5-9(13(14,15)16)6-12(19-11)18-7-10(20)8(2)3/h5-6,8,10,20H,4,7H2,1-3H3,(H2,17,18,19). The van der Waals surface area contributed by atoms with Crippen LogP contribution in [0.2, 0.25) is 0 Å². The largest absolute Gasteiger partial charge is 0.416 e. The Morgan fingerprint density at radius 2 is 1.75 bits per heavy atom. The molecule has 3 N–H and O–H groups in total. The fourth-order valence-corrected chi connectivity index (χ4v) is 1.50. The number of aliphatic hydroxyl groups is 1. The van der Waals surface area contributed by atoms with Crippen molar-refractivity contribution in [2.75, 3.05) is 23.7 Å². The van der Waals surface area contributed by atoms with E-state index in [9.17, 15) is 18.3 Å². The Bertz CT molecular complexity index is 435. The van der Waals surface area contributed by atoms with Gasteiger partial charge in [-0.2, -0.15) is 13.2 Å². The quantitative estimate of drug-likeness (QED) is 0.754. The van der Waals surface area contributed by atoms with Crippen molar-refractivity contribution in [2.45, 2.75) is 33.1 Å². The molecule has 0 saturated carbocycles. The predicted octanol–water partition coefficient (Wildman–Crippen LogP) is 2.96. The molecule has 0 amide bonds. The molecule has 4 nitrogen and oxygen atoms in total. The van der Waals surface area contributed by atoms with Crippen molar-refractivity contribution in [1.29, 1.82) is 0 Å². The van der Waals surface area contributed by atoms with Gasteiger partial charge in [-0.25, -0.2) is 4.98 Å². The molecule has 0 fully saturated rings. The molecule has 1 rings (SSSR count).